The number of anilines is 3. The van der Waals surface area contributed by atoms with Crippen molar-refractivity contribution < 1.29 is 0 Å². The zero-order chi connectivity index (χ0) is 13.8. The lowest BCUT2D eigenvalue weighted by Crippen LogP contribution is -1.97. The van der Waals surface area contributed by atoms with Crippen LogP contribution in [0, 0.1) is 0 Å². The lowest BCUT2D eigenvalue weighted by atomic mass is 9.98. The van der Waals surface area contributed by atoms with Gasteiger partial charge in [-0.1, -0.05) is 41.9 Å². The van der Waals surface area contributed by atoms with Crippen molar-refractivity contribution in [2.75, 3.05) is 11.1 Å². The molecular weight excluding hydrogens is 300 g/mol. The highest BCUT2D eigenvalue weighted by atomic mass is 79.9. The number of rotatable bonds is 4. The maximum Gasteiger partial charge on any atom is 0.0618 e. The Labute approximate surface area is 123 Å². The fraction of sp³-hybridized carbons (Fsp3) is 0.250. The minimum atomic E-state index is 0.604. The van der Waals surface area contributed by atoms with Gasteiger partial charge in [0.25, 0.3) is 0 Å². The van der Waals surface area contributed by atoms with Gasteiger partial charge < -0.3 is 11.1 Å². The first-order chi connectivity index (χ1) is 9.10. The molecule has 2 nitrogen and oxygen atoms in total. The summed E-state index contributed by atoms with van der Waals surface area (Å²) in [5.74, 6) is 0.604. The highest BCUT2D eigenvalue weighted by molar-refractivity contribution is 9.10. The maximum absolute atomic E-state index is 5.98. The molecule has 0 saturated heterocycles. The van der Waals surface area contributed by atoms with Gasteiger partial charge in [0, 0.05) is 10.2 Å². The van der Waals surface area contributed by atoms with E-state index in [2.05, 4.69) is 59.4 Å². The van der Waals surface area contributed by atoms with Crippen LogP contribution in [0.1, 0.15) is 31.7 Å². The Morgan fingerprint density at radius 1 is 1.16 bits per heavy atom. The monoisotopic (exact) mass is 318 g/mol. The molecule has 0 aliphatic heterocycles. The molecular formula is C16H19BrN2. The first-order valence-corrected chi connectivity index (χ1v) is 7.31. The van der Waals surface area contributed by atoms with Crippen LogP contribution in [0.15, 0.2) is 46.9 Å². The van der Waals surface area contributed by atoms with Crippen molar-refractivity contribution in [3.63, 3.8) is 0 Å². The molecule has 0 aliphatic rings. The number of benzene rings is 2. The van der Waals surface area contributed by atoms with Crippen LogP contribution < -0.4 is 11.1 Å². The van der Waals surface area contributed by atoms with Crippen molar-refractivity contribution in [1.82, 2.24) is 0 Å². The number of nitrogens with one attached hydrogen (secondary N) is 1. The zero-order valence-electron chi connectivity index (χ0n) is 11.3. The van der Waals surface area contributed by atoms with Crippen molar-refractivity contribution in [1.29, 1.82) is 0 Å². The summed E-state index contributed by atoms with van der Waals surface area (Å²) >= 11 is 3.41. The lowest BCUT2D eigenvalue weighted by molar-refractivity contribution is 0.734. The molecule has 0 fully saturated rings. The molecule has 2 rings (SSSR count). The third-order valence-corrected chi connectivity index (χ3v) is 3.88. The summed E-state index contributed by atoms with van der Waals surface area (Å²) in [6.07, 6.45) is 1.16. The van der Waals surface area contributed by atoms with Gasteiger partial charge in [0.15, 0.2) is 0 Å². The summed E-state index contributed by atoms with van der Waals surface area (Å²) in [6.45, 7) is 4.45. The number of nitrogen functional groups attached to an aromatic ring is 1. The fourth-order valence-electron chi connectivity index (χ4n) is 1.93. The van der Waals surface area contributed by atoms with E-state index in [0.717, 1.165) is 28.0 Å². The highest BCUT2D eigenvalue weighted by Crippen LogP contribution is 2.27. The minimum absolute atomic E-state index is 0.604. The number of halogens is 1. The van der Waals surface area contributed by atoms with Crippen LogP contribution in [0.5, 0.6) is 0 Å². The second kappa shape index (κ2) is 6.11. The maximum atomic E-state index is 5.98. The Kier molecular flexibility index (Phi) is 4.48. The van der Waals surface area contributed by atoms with Crippen LogP contribution in [0.25, 0.3) is 0 Å². The molecule has 0 aromatic heterocycles. The average molecular weight is 319 g/mol. The third kappa shape index (κ3) is 3.51. The van der Waals surface area contributed by atoms with E-state index in [0.29, 0.717) is 5.92 Å². The predicted octanol–water partition coefficient (Wildman–Crippen LogP) is 5.29. The Hall–Kier alpha value is -1.48. The van der Waals surface area contributed by atoms with Crippen LogP contribution in [0.4, 0.5) is 17.1 Å². The first kappa shape index (κ1) is 13.9. The van der Waals surface area contributed by atoms with E-state index >= 15 is 0 Å². The summed E-state index contributed by atoms with van der Waals surface area (Å²) in [4.78, 5) is 0. The van der Waals surface area contributed by atoms with Gasteiger partial charge in [0.2, 0.25) is 0 Å². The van der Waals surface area contributed by atoms with Gasteiger partial charge in [-0.05, 0) is 48.2 Å². The molecule has 19 heavy (non-hydrogen) atoms. The van der Waals surface area contributed by atoms with E-state index in [1.807, 2.05) is 18.2 Å². The summed E-state index contributed by atoms with van der Waals surface area (Å²) in [6, 6.07) is 14.4. The van der Waals surface area contributed by atoms with Crippen molar-refractivity contribution in [2.45, 2.75) is 26.2 Å². The molecule has 0 amide bonds. The quantitative estimate of drug-likeness (QED) is 0.752. The molecule has 3 N–H and O–H groups in total. The summed E-state index contributed by atoms with van der Waals surface area (Å²) in [5.41, 5.74) is 10.1. The Bertz CT molecular complexity index is 549. The topological polar surface area (TPSA) is 38.0 Å². The van der Waals surface area contributed by atoms with Gasteiger partial charge in [-0.25, -0.2) is 0 Å². The van der Waals surface area contributed by atoms with E-state index < -0.39 is 0 Å². The molecule has 2 aromatic carbocycles. The van der Waals surface area contributed by atoms with Crippen LogP contribution >= 0.6 is 15.9 Å². The predicted molar refractivity (Wildman–Crippen MR) is 87.0 cm³/mol. The summed E-state index contributed by atoms with van der Waals surface area (Å²) < 4.78 is 0.989. The molecule has 1 unspecified atom stereocenters. The van der Waals surface area contributed by atoms with E-state index in [9.17, 15) is 0 Å². The van der Waals surface area contributed by atoms with Crippen LogP contribution in [0.2, 0.25) is 0 Å². The van der Waals surface area contributed by atoms with Crippen LogP contribution in [0.3, 0.4) is 0 Å². The van der Waals surface area contributed by atoms with Crippen molar-refractivity contribution in [2.24, 2.45) is 0 Å². The van der Waals surface area contributed by atoms with Crippen LogP contribution in [-0.4, -0.2) is 0 Å². The Morgan fingerprint density at radius 2 is 1.84 bits per heavy atom. The van der Waals surface area contributed by atoms with E-state index in [-0.39, 0.29) is 0 Å². The van der Waals surface area contributed by atoms with Crippen molar-refractivity contribution in [3.05, 3.63) is 52.5 Å². The standard InChI is InChI=1S/C16H19BrN2/c1-3-11(2)12-4-7-14(8-5-12)19-16-9-6-13(17)10-15(16)18/h4-11,19H,3,18H2,1-2H3. The largest absolute Gasteiger partial charge is 0.397 e. The smallest absolute Gasteiger partial charge is 0.0618 e. The molecule has 0 bridgehead atoms. The average Bonchev–Trinajstić information content (AvgIpc) is 2.42. The number of hydrogen-bond donors (Lipinski definition) is 2. The summed E-state index contributed by atoms with van der Waals surface area (Å²) in [7, 11) is 0. The van der Waals surface area contributed by atoms with Gasteiger partial charge in [-0.2, -0.15) is 0 Å². The van der Waals surface area contributed by atoms with Gasteiger partial charge in [0.05, 0.1) is 11.4 Å². The normalized spacial score (nSPS) is 12.2. The molecule has 100 valence electrons. The molecule has 0 radical (unpaired) electrons. The Morgan fingerprint density at radius 3 is 2.42 bits per heavy atom. The van der Waals surface area contributed by atoms with E-state index in [4.69, 9.17) is 5.73 Å². The van der Waals surface area contributed by atoms with E-state index in [1.54, 1.807) is 0 Å². The highest BCUT2D eigenvalue weighted by Gasteiger charge is 2.04. The SMILES string of the molecule is CCC(C)c1ccc(Nc2ccc(Br)cc2N)cc1. The van der Waals surface area contributed by atoms with Crippen LogP contribution in [-0.2, 0) is 0 Å². The van der Waals surface area contributed by atoms with Crippen molar-refractivity contribution in [3.8, 4) is 0 Å². The molecule has 2 aromatic rings. The van der Waals surface area contributed by atoms with Gasteiger partial charge in [0.1, 0.15) is 0 Å². The van der Waals surface area contributed by atoms with Gasteiger partial charge in [-0.15, -0.1) is 0 Å². The Balaban J connectivity index is 2.15. The molecule has 0 spiro atoms. The number of nitrogens with two attached hydrogens (primary N) is 1. The van der Waals surface area contributed by atoms with Gasteiger partial charge in [-0.3, -0.25) is 0 Å². The lowest BCUT2D eigenvalue weighted by Gasteiger charge is -2.12. The minimum Gasteiger partial charge on any atom is -0.397 e. The molecule has 0 heterocycles. The second-order valence-corrected chi connectivity index (χ2v) is 5.70. The molecule has 3 heteroatoms. The van der Waals surface area contributed by atoms with Gasteiger partial charge >= 0.3 is 0 Å². The third-order valence-electron chi connectivity index (χ3n) is 3.38. The second-order valence-electron chi connectivity index (χ2n) is 4.79. The molecule has 0 aliphatic carbocycles. The van der Waals surface area contributed by atoms with E-state index in [1.165, 1.54) is 5.56 Å². The zero-order valence-corrected chi connectivity index (χ0v) is 12.9. The molecule has 1 atom stereocenters. The fourth-order valence-corrected chi connectivity index (χ4v) is 2.31. The first-order valence-electron chi connectivity index (χ1n) is 6.52. The number of hydrogen-bond acceptors (Lipinski definition) is 2. The van der Waals surface area contributed by atoms with Crippen molar-refractivity contribution >= 4 is 33.0 Å². The summed E-state index contributed by atoms with van der Waals surface area (Å²) in [5, 5.41) is 3.34. The molecule has 0 saturated carbocycles.